The molecule has 21 heavy (non-hydrogen) atoms. The maximum atomic E-state index is 13.0. The Kier molecular flexibility index (Phi) is 4.54. The fraction of sp³-hybridized carbons (Fsp3) is 0.154. The number of carbonyl (C=O) groups excluding carboxylic acids is 1. The molecule has 0 fully saturated rings. The van der Waals surface area contributed by atoms with Gasteiger partial charge >= 0.3 is 5.97 Å². The Bertz CT molecular complexity index is 687. The first kappa shape index (κ1) is 15.0. The van der Waals surface area contributed by atoms with Gasteiger partial charge in [-0.25, -0.2) is 4.39 Å². The molecule has 8 heteroatoms. The number of nitrogens with one attached hydrogen (secondary N) is 1. The Morgan fingerprint density at radius 2 is 2.14 bits per heavy atom. The van der Waals surface area contributed by atoms with Crippen LogP contribution in [-0.2, 0) is 11.3 Å². The molecule has 0 saturated carbocycles. The molecule has 6 nitrogen and oxygen atoms in total. The molecule has 1 aromatic carbocycles. The number of amides is 1. The quantitative estimate of drug-likeness (QED) is 0.888. The molecule has 0 unspecified atom stereocenters. The van der Waals surface area contributed by atoms with Gasteiger partial charge in [-0.05, 0) is 24.3 Å². The van der Waals surface area contributed by atoms with E-state index in [4.69, 9.17) is 16.7 Å². The van der Waals surface area contributed by atoms with Crippen LogP contribution in [0.25, 0.3) is 0 Å². The van der Waals surface area contributed by atoms with Crippen molar-refractivity contribution < 1.29 is 19.1 Å². The predicted molar refractivity (Wildman–Crippen MR) is 73.8 cm³/mol. The molecule has 0 aliphatic carbocycles. The van der Waals surface area contributed by atoms with Gasteiger partial charge in [-0.3, -0.25) is 14.3 Å². The van der Waals surface area contributed by atoms with Gasteiger partial charge in [0.05, 0.1) is 18.0 Å². The molecule has 1 amide bonds. The molecule has 1 aromatic heterocycles. The molecule has 0 radical (unpaired) electrons. The van der Waals surface area contributed by atoms with E-state index >= 15 is 0 Å². The standard InChI is InChI=1S/C13H11ClFN3O3/c14-9-7-8(1-2-10(9)15)17-13(21)11-3-5-16-18(11)6-4-12(19)20/h1-3,5,7H,4,6H2,(H,17,21)(H,19,20). The maximum Gasteiger partial charge on any atom is 0.305 e. The van der Waals surface area contributed by atoms with Crippen molar-refractivity contribution in [3.05, 3.63) is 47.0 Å². The Morgan fingerprint density at radius 1 is 1.38 bits per heavy atom. The number of carboxylic acid groups (broad SMARTS) is 1. The number of aryl methyl sites for hydroxylation is 1. The molecular formula is C13H11ClFN3O3. The topological polar surface area (TPSA) is 84.2 Å². The van der Waals surface area contributed by atoms with Crippen LogP contribution in [-0.4, -0.2) is 26.8 Å². The van der Waals surface area contributed by atoms with Gasteiger partial charge in [-0.2, -0.15) is 5.10 Å². The highest BCUT2D eigenvalue weighted by atomic mass is 35.5. The first-order valence-corrected chi connectivity index (χ1v) is 6.35. The number of anilines is 1. The van der Waals surface area contributed by atoms with E-state index in [1.54, 1.807) is 0 Å². The zero-order valence-electron chi connectivity index (χ0n) is 10.7. The Labute approximate surface area is 124 Å². The van der Waals surface area contributed by atoms with Gasteiger partial charge in [0, 0.05) is 11.9 Å². The van der Waals surface area contributed by atoms with Crippen molar-refractivity contribution >= 4 is 29.2 Å². The van der Waals surface area contributed by atoms with Crippen LogP contribution in [0.3, 0.4) is 0 Å². The lowest BCUT2D eigenvalue weighted by molar-refractivity contribution is -0.137. The van der Waals surface area contributed by atoms with Crippen molar-refractivity contribution in [3.8, 4) is 0 Å². The van der Waals surface area contributed by atoms with E-state index in [0.717, 1.165) is 6.07 Å². The van der Waals surface area contributed by atoms with E-state index in [1.165, 1.54) is 29.1 Å². The fourth-order valence-corrected chi connectivity index (χ4v) is 1.85. The number of hydrogen-bond acceptors (Lipinski definition) is 3. The van der Waals surface area contributed by atoms with Gasteiger partial charge < -0.3 is 10.4 Å². The minimum absolute atomic E-state index is 0.0786. The minimum atomic E-state index is -0.984. The monoisotopic (exact) mass is 311 g/mol. The number of carboxylic acids is 1. The van der Waals surface area contributed by atoms with Gasteiger partial charge in [0.15, 0.2) is 0 Å². The highest BCUT2D eigenvalue weighted by molar-refractivity contribution is 6.31. The molecular weight excluding hydrogens is 301 g/mol. The number of rotatable bonds is 5. The van der Waals surface area contributed by atoms with E-state index in [1.807, 2.05) is 0 Å². The Morgan fingerprint density at radius 3 is 2.81 bits per heavy atom. The number of benzene rings is 1. The lowest BCUT2D eigenvalue weighted by atomic mass is 10.3. The van der Waals surface area contributed by atoms with Crippen LogP contribution in [0.1, 0.15) is 16.9 Å². The van der Waals surface area contributed by atoms with Crippen molar-refractivity contribution in [3.63, 3.8) is 0 Å². The third kappa shape index (κ3) is 3.79. The second-order valence-electron chi connectivity index (χ2n) is 4.17. The second-order valence-corrected chi connectivity index (χ2v) is 4.57. The number of hydrogen-bond donors (Lipinski definition) is 2. The summed E-state index contributed by atoms with van der Waals surface area (Å²) in [5, 5.41) is 15.0. The van der Waals surface area contributed by atoms with Crippen molar-refractivity contribution in [2.45, 2.75) is 13.0 Å². The number of carbonyl (C=O) groups is 2. The smallest absolute Gasteiger partial charge is 0.305 e. The lowest BCUT2D eigenvalue weighted by Gasteiger charge is -2.08. The van der Waals surface area contributed by atoms with E-state index < -0.39 is 17.7 Å². The van der Waals surface area contributed by atoms with Crippen LogP contribution < -0.4 is 5.32 Å². The predicted octanol–water partition coefficient (Wildman–Crippen LogP) is 2.40. The van der Waals surface area contributed by atoms with Crippen molar-refractivity contribution in [2.75, 3.05) is 5.32 Å². The van der Waals surface area contributed by atoms with Gasteiger partial charge in [0.25, 0.3) is 5.91 Å². The second kappa shape index (κ2) is 6.36. The van der Waals surface area contributed by atoms with Crippen LogP contribution in [0.5, 0.6) is 0 Å². The van der Waals surface area contributed by atoms with E-state index in [0.29, 0.717) is 5.69 Å². The molecule has 2 aromatic rings. The van der Waals surface area contributed by atoms with Crippen LogP contribution in [0.4, 0.5) is 10.1 Å². The highest BCUT2D eigenvalue weighted by Crippen LogP contribution is 2.19. The summed E-state index contributed by atoms with van der Waals surface area (Å²) in [4.78, 5) is 22.6. The summed E-state index contributed by atoms with van der Waals surface area (Å²) in [5.41, 5.74) is 0.536. The van der Waals surface area contributed by atoms with Crippen molar-refractivity contribution in [1.29, 1.82) is 0 Å². The number of nitrogens with zero attached hydrogens (tertiary/aromatic N) is 2. The van der Waals surface area contributed by atoms with Crippen LogP contribution in [0, 0.1) is 5.82 Å². The maximum absolute atomic E-state index is 13.0. The lowest BCUT2D eigenvalue weighted by Crippen LogP contribution is -2.19. The van der Waals surface area contributed by atoms with Gasteiger partial charge in [0.1, 0.15) is 11.5 Å². The molecule has 2 N–H and O–H groups in total. The van der Waals surface area contributed by atoms with Crippen molar-refractivity contribution in [1.82, 2.24) is 9.78 Å². The summed E-state index contributed by atoms with van der Waals surface area (Å²) in [6.07, 6.45) is 1.25. The molecule has 0 spiro atoms. The third-order valence-corrected chi connectivity index (χ3v) is 2.95. The minimum Gasteiger partial charge on any atom is -0.481 e. The zero-order chi connectivity index (χ0) is 15.4. The molecule has 0 aliphatic rings. The van der Waals surface area contributed by atoms with Crippen LogP contribution >= 0.6 is 11.6 Å². The van der Waals surface area contributed by atoms with Gasteiger partial charge in [-0.15, -0.1) is 0 Å². The number of aromatic nitrogens is 2. The molecule has 0 saturated heterocycles. The summed E-state index contributed by atoms with van der Waals surface area (Å²) in [7, 11) is 0. The fourth-order valence-electron chi connectivity index (χ4n) is 1.67. The largest absolute Gasteiger partial charge is 0.481 e. The summed E-state index contributed by atoms with van der Waals surface area (Å²) in [5.74, 6) is -2.05. The third-order valence-electron chi connectivity index (χ3n) is 2.66. The number of halogens is 2. The molecule has 1 heterocycles. The summed E-state index contributed by atoms with van der Waals surface area (Å²) in [6.45, 7) is 0.0786. The highest BCUT2D eigenvalue weighted by Gasteiger charge is 2.13. The van der Waals surface area contributed by atoms with Gasteiger partial charge in [0.2, 0.25) is 0 Å². The van der Waals surface area contributed by atoms with Crippen LogP contribution in [0.15, 0.2) is 30.5 Å². The van der Waals surface area contributed by atoms with Crippen LogP contribution in [0.2, 0.25) is 5.02 Å². The first-order valence-electron chi connectivity index (χ1n) is 5.97. The van der Waals surface area contributed by atoms with E-state index in [2.05, 4.69) is 10.4 Å². The summed E-state index contributed by atoms with van der Waals surface area (Å²) < 4.78 is 14.3. The average molecular weight is 312 g/mol. The normalized spacial score (nSPS) is 10.4. The summed E-state index contributed by atoms with van der Waals surface area (Å²) >= 11 is 5.63. The molecule has 0 atom stereocenters. The average Bonchev–Trinajstić information content (AvgIpc) is 2.89. The molecule has 0 bridgehead atoms. The molecule has 2 rings (SSSR count). The zero-order valence-corrected chi connectivity index (χ0v) is 11.5. The number of aliphatic carboxylic acids is 1. The molecule has 110 valence electrons. The SMILES string of the molecule is O=C(O)CCn1nccc1C(=O)Nc1ccc(F)c(Cl)c1. The first-order chi connectivity index (χ1) is 9.97. The Hall–Kier alpha value is -2.41. The molecule has 0 aliphatic heterocycles. The van der Waals surface area contributed by atoms with E-state index in [-0.39, 0.29) is 23.7 Å². The van der Waals surface area contributed by atoms with Crippen molar-refractivity contribution in [2.24, 2.45) is 0 Å². The van der Waals surface area contributed by atoms with Gasteiger partial charge in [-0.1, -0.05) is 11.6 Å². The summed E-state index contributed by atoms with van der Waals surface area (Å²) in [6, 6.07) is 5.26. The van der Waals surface area contributed by atoms with E-state index in [9.17, 15) is 14.0 Å². The Balaban J connectivity index is 2.11.